The fourth-order valence-corrected chi connectivity index (χ4v) is 4.12. The predicted octanol–water partition coefficient (Wildman–Crippen LogP) is 4.56. The van der Waals surface area contributed by atoms with E-state index in [4.69, 9.17) is 4.74 Å². The smallest absolute Gasteiger partial charge is 0.338 e. The van der Waals surface area contributed by atoms with Gasteiger partial charge in [-0.1, -0.05) is 42.5 Å². The van der Waals surface area contributed by atoms with Gasteiger partial charge in [0, 0.05) is 17.8 Å². The first-order chi connectivity index (χ1) is 17.3. The normalized spacial score (nSPS) is 13.7. The minimum absolute atomic E-state index is 0.182. The average molecular weight is 486 g/mol. The molecule has 1 aliphatic heterocycles. The monoisotopic (exact) mass is 485 g/mol. The highest BCUT2D eigenvalue weighted by atomic mass is 16.5. The number of aromatic carboxylic acids is 1. The summed E-state index contributed by atoms with van der Waals surface area (Å²) in [5, 5.41) is 15.9. The maximum absolute atomic E-state index is 13.2. The number of hydrogen-bond donors (Lipinski definition) is 3. The Morgan fingerprint density at radius 1 is 1.00 bits per heavy atom. The first-order valence-electron chi connectivity index (χ1n) is 11.5. The zero-order chi connectivity index (χ0) is 25.8. The molecule has 3 N–H and O–H groups in total. The summed E-state index contributed by atoms with van der Waals surface area (Å²) in [7, 11) is 3.75. The molecule has 1 amide bonds. The van der Waals surface area contributed by atoms with E-state index >= 15 is 0 Å². The van der Waals surface area contributed by atoms with Gasteiger partial charge in [0.25, 0.3) is 5.91 Å². The van der Waals surface area contributed by atoms with Crippen LogP contribution in [0.15, 0.2) is 66.7 Å². The van der Waals surface area contributed by atoms with Gasteiger partial charge >= 0.3 is 11.9 Å². The van der Waals surface area contributed by atoms with E-state index in [1.54, 1.807) is 43.3 Å². The highest BCUT2D eigenvalue weighted by Crippen LogP contribution is 2.38. The number of anilines is 2. The van der Waals surface area contributed by atoms with Crippen LogP contribution in [-0.4, -0.2) is 48.6 Å². The Bertz CT molecular complexity index is 1360. The number of carboxylic acid groups (broad SMARTS) is 1. The van der Waals surface area contributed by atoms with Gasteiger partial charge in [-0.2, -0.15) is 0 Å². The molecular formula is C28H27N3O5. The molecule has 36 heavy (non-hydrogen) atoms. The number of rotatable bonds is 8. The summed E-state index contributed by atoms with van der Waals surface area (Å²) >= 11 is 0. The molecule has 1 aliphatic rings. The SMILES string of the molecule is CCOC(=O)c1ccc2c(c1)NC(=O)/C2=C(\Nc1ccc(CN(C)C)c(C(=O)O)c1)c1ccccc1. The third-order valence-corrected chi connectivity index (χ3v) is 5.68. The Balaban J connectivity index is 1.82. The van der Waals surface area contributed by atoms with Gasteiger partial charge < -0.3 is 25.4 Å². The molecule has 0 bridgehead atoms. The van der Waals surface area contributed by atoms with Crippen LogP contribution in [0.1, 0.15) is 44.3 Å². The maximum Gasteiger partial charge on any atom is 0.338 e. The minimum atomic E-state index is -1.03. The second-order valence-electron chi connectivity index (χ2n) is 8.59. The maximum atomic E-state index is 13.2. The quantitative estimate of drug-likeness (QED) is 0.317. The Morgan fingerprint density at radius 2 is 1.75 bits per heavy atom. The van der Waals surface area contributed by atoms with Crippen LogP contribution in [0.5, 0.6) is 0 Å². The van der Waals surface area contributed by atoms with Crippen LogP contribution in [0.25, 0.3) is 11.3 Å². The van der Waals surface area contributed by atoms with E-state index in [0.29, 0.717) is 45.9 Å². The summed E-state index contributed by atoms with van der Waals surface area (Å²) in [6, 6.07) is 19.4. The van der Waals surface area contributed by atoms with Crippen molar-refractivity contribution in [1.29, 1.82) is 0 Å². The van der Waals surface area contributed by atoms with E-state index in [0.717, 1.165) is 5.56 Å². The number of benzene rings is 3. The Labute approximate surface area is 209 Å². The van der Waals surface area contributed by atoms with Crippen LogP contribution in [0.3, 0.4) is 0 Å². The molecule has 0 saturated heterocycles. The predicted molar refractivity (Wildman–Crippen MR) is 139 cm³/mol. The van der Waals surface area contributed by atoms with E-state index in [1.807, 2.05) is 49.3 Å². The van der Waals surface area contributed by atoms with Gasteiger partial charge in [0.05, 0.1) is 34.7 Å². The summed E-state index contributed by atoms with van der Waals surface area (Å²) in [4.78, 5) is 39.2. The third kappa shape index (κ3) is 5.13. The molecule has 0 unspecified atom stereocenters. The molecule has 0 fully saturated rings. The Morgan fingerprint density at radius 3 is 2.42 bits per heavy atom. The van der Waals surface area contributed by atoms with Gasteiger partial charge in [0.1, 0.15) is 0 Å². The number of carbonyl (C=O) groups is 3. The first-order valence-corrected chi connectivity index (χ1v) is 11.5. The number of fused-ring (bicyclic) bond motifs is 1. The largest absolute Gasteiger partial charge is 0.478 e. The average Bonchev–Trinajstić information content (AvgIpc) is 3.18. The number of carbonyl (C=O) groups excluding carboxylic acids is 2. The standard InChI is InChI=1S/C28H27N3O5/c1-4-36-28(35)18-11-13-21-23(14-18)30-26(32)24(21)25(17-8-6-5-7-9-17)29-20-12-10-19(16-31(2)3)22(15-20)27(33)34/h5-15,29H,4,16H2,1-3H3,(H,30,32)(H,33,34)/b25-24-. The fourth-order valence-electron chi connectivity index (χ4n) is 4.12. The van der Waals surface area contributed by atoms with E-state index in [-0.39, 0.29) is 18.1 Å². The van der Waals surface area contributed by atoms with Crippen molar-refractivity contribution in [3.05, 3.63) is 94.5 Å². The Hall–Kier alpha value is -4.43. The van der Waals surface area contributed by atoms with E-state index in [1.165, 1.54) is 0 Å². The minimum Gasteiger partial charge on any atom is -0.478 e. The molecule has 1 heterocycles. The van der Waals surface area contributed by atoms with Crippen molar-refractivity contribution < 1.29 is 24.2 Å². The number of esters is 1. The lowest BCUT2D eigenvalue weighted by atomic mass is 9.98. The summed E-state index contributed by atoms with van der Waals surface area (Å²) in [6.07, 6.45) is 0. The topological polar surface area (TPSA) is 108 Å². The number of amides is 1. The summed E-state index contributed by atoms with van der Waals surface area (Å²) in [5.74, 6) is -1.83. The van der Waals surface area contributed by atoms with Crippen molar-refractivity contribution >= 4 is 40.5 Å². The van der Waals surface area contributed by atoms with Crippen molar-refractivity contribution in [2.75, 3.05) is 31.3 Å². The third-order valence-electron chi connectivity index (χ3n) is 5.68. The van der Waals surface area contributed by atoms with Crippen molar-refractivity contribution in [2.45, 2.75) is 13.5 Å². The van der Waals surface area contributed by atoms with Gasteiger partial charge in [-0.05, 0) is 56.4 Å². The zero-order valence-corrected chi connectivity index (χ0v) is 20.3. The van der Waals surface area contributed by atoms with Crippen molar-refractivity contribution in [2.24, 2.45) is 0 Å². The lowest BCUT2D eigenvalue weighted by Crippen LogP contribution is -2.15. The molecule has 0 saturated carbocycles. The summed E-state index contributed by atoms with van der Waals surface area (Å²) in [6.45, 7) is 2.46. The van der Waals surface area contributed by atoms with Crippen molar-refractivity contribution in [3.8, 4) is 0 Å². The molecule has 8 heteroatoms. The molecule has 0 atom stereocenters. The van der Waals surface area contributed by atoms with Gasteiger partial charge in [0.15, 0.2) is 0 Å². The molecule has 8 nitrogen and oxygen atoms in total. The van der Waals surface area contributed by atoms with Crippen LogP contribution < -0.4 is 10.6 Å². The number of ether oxygens (including phenoxy) is 1. The second-order valence-corrected chi connectivity index (χ2v) is 8.59. The van der Waals surface area contributed by atoms with Gasteiger partial charge in [-0.3, -0.25) is 4.79 Å². The van der Waals surface area contributed by atoms with E-state index in [2.05, 4.69) is 10.6 Å². The van der Waals surface area contributed by atoms with Crippen LogP contribution in [0, 0.1) is 0 Å². The molecule has 3 aromatic rings. The van der Waals surface area contributed by atoms with Crippen LogP contribution >= 0.6 is 0 Å². The number of nitrogens with zero attached hydrogens (tertiary/aromatic N) is 1. The van der Waals surface area contributed by atoms with E-state index < -0.39 is 11.9 Å². The lowest BCUT2D eigenvalue weighted by Gasteiger charge is -2.17. The van der Waals surface area contributed by atoms with Gasteiger partial charge in [-0.15, -0.1) is 0 Å². The molecule has 0 radical (unpaired) electrons. The first kappa shape index (κ1) is 24.7. The molecule has 0 spiro atoms. The highest BCUT2D eigenvalue weighted by molar-refractivity contribution is 6.37. The molecular weight excluding hydrogens is 458 g/mol. The van der Waals surface area contributed by atoms with Crippen molar-refractivity contribution in [3.63, 3.8) is 0 Å². The molecule has 0 aliphatic carbocycles. The van der Waals surface area contributed by atoms with Crippen LogP contribution in [-0.2, 0) is 16.1 Å². The lowest BCUT2D eigenvalue weighted by molar-refractivity contribution is -0.110. The van der Waals surface area contributed by atoms with Gasteiger partial charge in [-0.25, -0.2) is 9.59 Å². The number of carboxylic acids is 1. The fraction of sp³-hybridized carbons (Fsp3) is 0.179. The van der Waals surface area contributed by atoms with E-state index in [9.17, 15) is 19.5 Å². The molecule has 184 valence electrons. The van der Waals surface area contributed by atoms with Crippen molar-refractivity contribution in [1.82, 2.24) is 4.90 Å². The Kier molecular flexibility index (Phi) is 7.17. The molecule has 0 aromatic heterocycles. The number of hydrogen-bond acceptors (Lipinski definition) is 6. The zero-order valence-electron chi connectivity index (χ0n) is 20.3. The summed E-state index contributed by atoms with van der Waals surface area (Å²) in [5.41, 5.74) is 4.53. The van der Waals surface area contributed by atoms with Crippen LogP contribution in [0.4, 0.5) is 11.4 Å². The van der Waals surface area contributed by atoms with Crippen LogP contribution in [0.2, 0.25) is 0 Å². The molecule has 4 rings (SSSR count). The molecule has 3 aromatic carbocycles. The summed E-state index contributed by atoms with van der Waals surface area (Å²) < 4.78 is 5.07. The number of nitrogens with one attached hydrogen (secondary N) is 2. The second kappa shape index (κ2) is 10.5. The van der Waals surface area contributed by atoms with Gasteiger partial charge in [0.2, 0.25) is 0 Å². The highest BCUT2D eigenvalue weighted by Gasteiger charge is 2.29.